The minimum Gasteiger partial charge on any atom is -0.467 e. The average molecular weight is 410 g/mol. The minimum absolute atomic E-state index is 0.264. The summed E-state index contributed by atoms with van der Waals surface area (Å²) in [5, 5.41) is 5.59. The molecule has 2 atom stereocenters. The van der Waals surface area contributed by atoms with E-state index >= 15 is 0 Å². The monoisotopic (exact) mass is 409 g/mol. The number of hydrogen-bond donors (Lipinski definition) is 2. The van der Waals surface area contributed by atoms with E-state index in [0.717, 1.165) is 38.4 Å². The fraction of sp³-hybridized carbons (Fsp3) is 0.810. The van der Waals surface area contributed by atoms with Crippen LogP contribution in [0.1, 0.15) is 72.1 Å². The largest absolute Gasteiger partial charge is 0.467 e. The van der Waals surface area contributed by atoms with Crippen molar-refractivity contribution in [2.24, 2.45) is 5.41 Å². The molecule has 8 heteroatoms. The van der Waals surface area contributed by atoms with Crippen molar-refractivity contribution in [2.45, 2.75) is 89.8 Å². The zero-order valence-corrected chi connectivity index (χ0v) is 18.1. The van der Waals surface area contributed by atoms with E-state index in [1.165, 1.54) is 7.11 Å². The molecule has 2 N–H and O–H groups in total. The van der Waals surface area contributed by atoms with Crippen LogP contribution in [0.25, 0.3) is 0 Å². The molecule has 1 aliphatic heterocycles. The number of amides is 3. The molecule has 2 unspecified atom stereocenters. The van der Waals surface area contributed by atoms with Crippen molar-refractivity contribution in [3.05, 3.63) is 0 Å². The molecule has 164 valence electrons. The second-order valence-electron chi connectivity index (χ2n) is 9.26. The molecule has 0 aromatic carbocycles. The Morgan fingerprint density at radius 3 is 2.31 bits per heavy atom. The highest BCUT2D eigenvalue weighted by Crippen LogP contribution is 2.30. The molecule has 1 saturated heterocycles. The molecule has 0 spiro atoms. The number of ether oxygens (including phenoxy) is 1. The van der Waals surface area contributed by atoms with E-state index in [-0.39, 0.29) is 5.91 Å². The first-order valence-electron chi connectivity index (χ1n) is 10.6. The van der Waals surface area contributed by atoms with Gasteiger partial charge in [-0.2, -0.15) is 0 Å². The van der Waals surface area contributed by atoms with E-state index < -0.39 is 35.0 Å². The number of hydrogen-bond acceptors (Lipinski definition) is 5. The molecule has 1 aliphatic carbocycles. The van der Waals surface area contributed by atoms with Crippen molar-refractivity contribution >= 4 is 24.2 Å². The Bertz CT molecular complexity index is 622. The zero-order chi connectivity index (χ0) is 21.7. The van der Waals surface area contributed by atoms with Crippen LogP contribution in [0.5, 0.6) is 0 Å². The molecule has 1 saturated carbocycles. The van der Waals surface area contributed by atoms with Crippen LogP contribution in [-0.4, -0.2) is 60.4 Å². The van der Waals surface area contributed by atoms with E-state index in [1.54, 1.807) is 4.90 Å². The molecule has 0 aromatic heterocycles. The van der Waals surface area contributed by atoms with Gasteiger partial charge in [0.25, 0.3) is 0 Å². The maximum Gasteiger partial charge on any atom is 0.331 e. The lowest BCUT2D eigenvalue weighted by molar-refractivity contribution is -0.149. The Morgan fingerprint density at radius 2 is 1.76 bits per heavy atom. The standard InChI is InChI=1S/C21H35N3O5/c1-20(2,3)16(17(26)24-13-9-6-10-15(24)14-25)22-19(28)23-21(18(27)29-4)11-7-5-8-12-21/h14-16H,5-13H2,1-4H3,(H2,22,23,28). The average Bonchev–Trinajstić information content (AvgIpc) is 2.70. The van der Waals surface area contributed by atoms with Gasteiger partial charge in [-0.15, -0.1) is 0 Å². The number of nitrogens with one attached hydrogen (secondary N) is 2. The predicted molar refractivity (Wildman–Crippen MR) is 108 cm³/mol. The summed E-state index contributed by atoms with van der Waals surface area (Å²) in [7, 11) is 1.32. The fourth-order valence-electron chi connectivity index (χ4n) is 4.30. The quantitative estimate of drug-likeness (QED) is 0.535. The van der Waals surface area contributed by atoms with E-state index in [4.69, 9.17) is 4.74 Å². The number of aldehydes is 1. The van der Waals surface area contributed by atoms with Gasteiger partial charge in [0.1, 0.15) is 17.9 Å². The van der Waals surface area contributed by atoms with Crippen molar-refractivity contribution in [1.29, 1.82) is 0 Å². The van der Waals surface area contributed by atoms with Crippen LogP contribution in [0, 0.1) is 5.41 Å². The predicted octanol–water partition coefficient (Wildman–Crippen LogP) is 2.16. The highest BCUT2D eigenvalue weighted by Gasteiger charge is 2.44. The molecule has 0 aromatic rings. The number of esters is 1. The smallest absolute Gasteiger partial charge is 0.331 e. The van der Waals surface area contributed by atoms with Crippen LogP contribution >= 0.6 is 0 Å². The van der Waals surface area contributed by atoms with Gasteiger partial charge in [0.15, 0.2) is 0 Å². The highest BCUT2D eigenvalue weighted by molar-refractivity contribution is 5.92. The van der Waals surface area contributed by atoms with Crippen LogP contribution in [0.3, 0.4) is 0 Å². The third kappa shape index (κ3) is 5.48. The number of methoxy groups -OCH3 is 1. The minimum atomic E-state index is -1.06. The molecule has 1 heterocycles. The van der Waals surface area contributed by atoms with Gasteiger partial charge in [-0.1, -0.05) is 40.0 Å². The third-order valence-corrected chi connectivity index (χ3v) is 6.01. The number of urea groups is 1. The van der Waals surface area contributed by atoms with Gasteiger partial charge in [-0.05, 0) is 37.5 Å². The summed E-state index contributed by atoms with van der Waals surface area (Å²) in [6.45, 7) is 6.11. The second-order valence-corrected chi connectivity index (χ2v) is 9.26. The Balaban J connectivity index is 2.16. The third-order valence-electron chi connectivity index (χ3n) is 6.01. The van der Waals surface area contributed by atoms with E-state index in [9.17, 15) is 19.2 Å². The molecule has 2 rings (SSSR count). The van der Waals surface area contributed by atoms with Gasteiger partial charge in [0.2, 0.25) is 5.91 Å². The Labute approximate surface area is 173 Å². The van der Waals surface area contributed by atoms with Crippen LogP contribution in [0.15, 0.2) is 0 Å². The molecular formula is C21H35N3O5. The maximum atomic E-state index is 13.2. The van der Waals surface area contributed by atoms with Crippen molar-refractivity contribution in [1.82, 2.24) is 15.5 Å². The molecule has 0 bridgehead atoms. The fourth-order valence-corrected chi connectivity index (χ4v) is 4.30. The highest BCUT2D eigenvalue weighted by atomic mass is 16.5. The van der Waals surface area contributed by atoms with Gasteiger partial charge in [-0.25, -0.2) is 9.59 Å². The van der Waals surface area contributed by atoms with Gasteiger partial charge in [-0.3, -0.25) is 4.79 Å². The number of carbonyl (C=O) groups excluding carboxylic acids is 4. The second kappa shape index (κ2) is 9.59. The summed E-state index contributed by atoms with van der Waals surface area (Å²) in [6.07, 6.45) is 6.88. The Morgan fingerprint density at radius 1 is 1.10 bits per heavy atom. The first-order valence-corrected chi connectivity index (χ1v) is 10.6. The van der Waals surface area contributed by atoms with Gasteiger partial charge in [0.05, 0.1) is 13.2 Å². The maximum absolute atomic E-state index is 13.2. The summed E-state index contributed by atoms with van der Waals surface area (Å²) in [6, 6.07) is -1.84. The number of likely N-dealkylation sites (tertiary alicyclic amines) is 1. The van der Waals surface area contributed by atoms with Gasteiger partial charge >= 0.3 is 12.0 Å². The molecule has 2 aliphatic rings. The molecule has 3 amide bonds. The van der Waals surface area contributed by atoms with Crippen LogP contribution < -0.4 is 10.6 Å². The van der Waals surface area contributed by atoms with Crippen molar-refractivity contribution < 1.29 is 23.9 Å². The lowest BCUT2D eigenvalue weighted by Crippen LogP contribution is -2.63. The van der Waals surface area contributed by atoms with Crippen molar-refractivity contribution in [3.63, 3.8) is 0 Å². The number of carbonyl (C=O) groups is 4. The molecule has 0 radical (unpaired) electrons. The Kier molecular flexibility index (Phi) is 7.66. The molecular weight excluding hydrogens is 374 g/mol. The van der Waals surface area contributed by atoms with Gasteiger partial charge in [0, 0.05) is 6.54 Å². The number of piperidine rings is 1. The normalized spacial score (nSPS) is 22.9. The summed E-state index contributed by atoms with van der Waals surface area (Å²) >= 11 is 0. The first kappa shape index (κ1) is 23.2. The lowest BCUT2D eigenvalue weighted by atomic mass is 9.81. The topological polar surface area (TPSA) is 105 Å². The lowest BCUT2D eigenvalue weighted by Gasteiger charge is -2.40. The number of nitrogens with zero attached hydrogens (tertiary/aromatic N) is 1. The van der Waals surface area contributed by atoms with E-state index in [2.05, 4.69) is 10.6 Å². The van der Waals surface area contributed by atoms with E-state index in [1.807, 2.05) is 20.8 Å². The molecule has 8 nitrogen and oxygen atoms in total. The summed E-state index contributed by atoms with van der Waals surface area (Å²) in [5.74, 6) is -0.719. The van der Waals surface area contributed by atoms with Crippen LogP contribution in [-0.2, 0) is 19.1 Å². The Hall–Kier alpha value is -2.12. The van der Waals surface area contributed by atoms with E-state index in [0.29, 0.717) is 25.8 Å². The van der Waals surface area contributed by atoms with Crippen molar-refractivity contribution in [3.8, 4) is 0 Å². The van der Waals surface area contributed by atoms with Crippen LogP contribution in [0.2, 0.25) is 0 Å². The first-order chi connectivity index (χ1) is 13.6. The number of rotatable bonds is 5. The zero-order valence-electron chi connectivity index (χ0n) is 18.1. The summed E-state index contributed by atoms with van der Waals surface area (Å²) < 4.78 is 4.94. The molecule has 2 fully saturated rings. The SMILES string of the molecule is COC(=O)C1(NC(=O)NC(C(=O)N2CCCCC2C=O)C(C)(C)C)CCCCC1. The summed E-state index contributed by atoms with van der Waals surface area (Å²) in [4.78, 5) is 51.5. The van der Waals surface area contributed by atoms with Crippen molar-refractivity contribution in [2.75, 3.05) is 13.7 Å². The van der Waals surface area contributed by atoms with Gasteiger partial charge < -0.3 is 25.1 Å². The van der Waals surface area contributed by atoms with Crippen LogP contribution in [0.4, 0.5) is 4.79 Å². The summed E-state index contributed by atoms with van der Waals surface area (Å²) in [5.41, 5.74) is -1.62. The molecule has 29 heavy (non-hydrogen) atoms.